The van der Waals surface area contributed by atoms with Crippen LogP contribution in [0.15, 0.2) is 64.6 Å². The lowest BCUT2D eigenvalue weighted by Gasteiger charge is -2.18. The van der Waals surface area contributed by atoms with Gasteiger partial charge in [0.05, 0.1) is 4.90 Å². The van der Waals surface area contributed by atoms with Gasteiger partial charge in [0.1, 0.15) is 0 Å². The number of hydrogen-bond acceptors (Lipinski definition) is 5. The van der Waals surface area contributed by atoms with Crippen molar-refractivity contribution in [2.75, 3.05) is 18.8 Å². The van der Waals surface area contributed by atoms with Crippen molar-refractivity contribution in [3.05, 3.63) is 60.2 Å². The number of hydrogen-bond donors (Lipinski definition) is 0. The molecular formula is C22H28N4O2S2. The van der Waals surface area contributed by atoms with E-state index in [1.54, 1.807) is 30.0 Å². The van der Waals surface area contributed by atoms with Crippen LogP contribution in [0.2, 0.25) is 0 Å². The van der Waals surface area contributed by atoms with Gasteiger partial charge in [0.15, 0.2) is 11.0 Å². The van der Waals surface area contributed by atoms with Crippen molar-refractivity contribution in [2.45, 2.75) is 36.7 Å². The van der Waals surface area contributed by atoms with Crippen LogP contribution in [-0.2, 0) is 23.5 Å². The van der Waals surface area contributed by atoms with Crippen LogP contribution in [0.3, 0.4) is 0 Å². The number of aryl methyl sites for hydroxylation is 1. The van der Waals surface area contributed by atoms with E-state index >= 15 is 0 Å². The molecule has 0 bridgehead atoms. The molecule has 1 heterocycles. The number of aromatic nitrogens is 3. The third kappa shape index (κ3) is 5.11. The van der Waals surface area contributed by atoms with E-state index in [-0.39, 0.29) is 4.90 Å². The van der Waals surface area contributed by atoms with E-state index in [1.165, 1.54) is 9.87 Å². The first kappa shape index (κ1) is 22.5. The zero-order chi connectivity index (χ0) is 21.6. The fraction of sp³-hybridized carbons (Fsp3) is 0.364. The molecule has 1 aromatic heterocycles. The lowest BCUT2D eigenvalue weighted by Crippen LogP contribution is -2.30. The highest BCUT2D eigenvalue weighted by Crippen LogP contribution is 2.26. The van der Waals surface area contributed by atoms with E-state index in [4.69, 9.17) is 0 Å². The van der Waals surface area contributed by atoms with Gasteiger partial charge in [-0.15, -0.1) is 10.2 Å². The Kier molecular flexibility index (Phi) is 7.69. The molecule has 0 fully saturated rings. The van der Waals surface area contributed by atoms with Crippen LogP contribution in [0, 0.1) is 0 Å². The summed E-state index contributed by atoms with van der Waals surface area (Å²) in [5.74, 6) is 1.61. The van der Waals surface area contributed by atoms with Gasteiger partial charge in [0, 0.05) is 31.5 Å². The topological polar surface area (TPSA) is 68.1 Å². The summed E-state index contributed by atoms with van der Waals surface area (Å²) in [5.41, 5.74) is 2.08. The first-order valence-electron chi connectivity index (χ1n) is 10.1. The molecule has 6 nitrogen and oxygen atoms in total. The molecule has 3 rings (SSSR count). The van der Waals surface area contributed by atoms with Crippen LogP contribution >= 0.6 is 11.8 Å². The minimum Gasteiger partial charge on any atom is -0.305 e. The summed E-state index contributed by atoms with van der Waals surface area (Å²) in [7, 11) is -1.59. The van der Waals surface area contributed by atoms with Crippen LogP contribution < -0.4 is 0 Å². The maximum atomic E-state index is 12.8. The second kappa shape index (κ2) is 10.2. The molecule has 0 aliphatic carbocycles. The van der Waals surface area contributed by atoms with Crippen molar-refractivity contribution in [1.29, 1.82) is 0 Å². The highest BCUT2D eigenvalue weighted by molar-refractivity contribution is 7.99. The van der Waals surface area contributed by atoms with Gasteiger partial charge < -0.3 is 4.57 Å². The van der Waals surface area contributed by atoms with E-state index < -0.39 is 10.0 Å². The van der Waals surface area contributed by atoms with Crippen molar-refractivity contribution in [2.24, 2.45) is 7.05 Å². The van der Waals surface area contributed by atoms with Gasteiger partial charge in [0.2, 0.25) is 10.0 Å². The molecule has 0 aliphatic rings. The Balaban J connectivity index is 1.71. The molecule has 0 unspecified atom stereocenters. The van der Waals surface area contributed by atoms with Crippen molar-refractivity contribution < 1.29 is 8.42 Å². The maximum absolute atomic E-state index is 12.8. The van der Waals surface area contributed by atoms with Crippen molar-refractivity contribution >= 4 is 21.8 Å². The molecule has 160 valence electrons. The van der Waals surface area contributed by atoms with Gasteiger partial charge in [-0.25, -0.2) is 8.42 Å². The van der Waals surface area contributed by atoms with E-state index in [2.05, 4.69) is 34.5 Å². The molecule has 30 heavy (non-hydrogen) atoms. The Morgan fingerprint density at radius 3 is 2.43 bits per heavy atom. The standard InChI is InChI=1S/C22H28N4O2S2/c1-4-26(5-2)30(27,28)20-15-9-14-19(17-20)21-23-24-22(25(21)3)29-16-10-13-18-11-7-6-8-12-18/h6-9,11-12,14-15,17H,4-5,10,13,16H2,1-3H3. The first-order chi connectivity index (χ1) is 14.5. The molecule has 0 N–H and O–H groups in total. The minimum atomic E-state index is -3.51. The molecule has 2 aromatic carbocycles. The van der Waals surface area contributed by atoms with Gasteiger partial charge in [-0.2, -0.15) is 4.31 Å². The summed E-state index contributed by atoms with van der Waals surface area (Å²) in [6.07, 6.45) is 2.08. The molecule has 0 spiro atoms. The molecule has 0 saturated carbocycles. The molecule has 8 heteroatoms. The van der Waals surface area contributed by atoms with E-state index in [0.29, 0.717) is 18.9 Å². The zero-order valence-corrected chi connectivity index (χ0v) is 19.3. The van der Waals surface area contributed by atoms with Crippen molar-refractivity contribution in [3.8, 4) is 11.4 Å². The molecule has 0 radical (unpaired) electrons. The second-order valence-corrected chi connectivity index (χ2v) is 9.92. The van der Waals surface area contributed by atoms with Gasteiger partial charge in [-0.3, -0.25) is 0 Å². The lowest BCUT2D eigenvalue weighted by atomic mass is 10.1. The monoisotopic (exact) mass is 444 g/mol. The smallest absolute Gasteiger partial charge is 0.243 e. The largest absolute Gasteiger partial charge is 0.305 e. The highest BCUT2D eigenvalue weighted by atomic mass is 32.2. The van der Waals surface area contributed by atoms with Gasteiger partial charge >= 0.3 is 0 Å². The normalized spacial score (nSPS) is 11.9. The van der Waals surface area contributed by atoms with E-state index in [9.17, 15) is 8.42 Å². The quantitative estimate of drug-likeness (QED) is 0.346. The third-order valence-electron chi connectivity index (χ3n) is 4.95. The fourth-order valence-electron chi connectivity index (χ4n) is 3.28. The highest BCUT2D eigenvalue weighted by Gasteiger charge is 2.22. The van der Waals surface area contributed by atoms with Crippen LogP contribution in [0.1, 0.15) is 25.8 Å². The predicted molar refractivity (Wildman–Crippen MR) is 122 cm³/mol. The van der Waals surface area contributed by atoms with Gasteiger partial charge in [-0.1, -0.05) is 68.1 Å². The van der Waals surface area contributed by atoms with E-state index in [0.717, 1.165) is 29.3 Å². The minimum absolute atomic E-state index is 0.281. The zero-order valence-electron chi connectivity index (χ0n) is 17.7. The average Bonchev–Trinajstić information content (AvgIpc) is 3.13. The number of rotatable bonds is 10. The van der Waals surface area contributed by atoms with Gasteiger partial charge in [0.25, 0.3) is 0 Å². The van der Waals surface area contributed by atoms with Crippen LogP contribution in [0.5, 0.6) is 0 Å². The Hall–Kier alpha value is -2.16. The summed E-state index contributed by atoms with van der Waals surface area (Å²) in [6.45, 7) is 4.57. The molecule has 0 saturated heterocycles. The average molecular weight is 445 g/mol. The van der Waals surface area contributed by atoms with Crippen LogP contribution in [0.25, 0.3) is 11.4 Å². The predicted octanol–water partition coefficient (Wildman–Crippen LogP) is 4.24. The number of sulfonamides is 1. The summed E-state index contributed by atoms with van der Waals surface area (Å²) in [5, 5.41) is 9.46. The fourth-order valence-corrected chi connectivity index (χ4v) is 5.64. The summed E-state index contributed by atoms with van der Waals surface area (Å²) >= 11 is 1.67. The number of nitrogens with zero attached hydrogens (tertiary/aromatic N) is 4. The molecular weight excluding hydrogens is 416 g/mol. The van der Waals surface area contributed by atoms with Crippen molar-refractivity contribution in [1.82, 2.24) is 19.1 Å². The lowest BCUT2D eigenvalue weighted by molar-refractivity contribution is 0.445. The van der Waals surface area contributed by atoms with Crippen molar-refractivity contribution in [3.63, 3.8) is 0 Å². The number of thioether (sulfide) groups is 1. The summed E-state index contributed by atoms with van der Waals surface area (Å²) in [6, 6.07) is 17.4. The summed E-state index contributed by atoms with van der Waals surface area (Å²) < 4.78 is 29.1. The molecule has 3 aromatic rings. The SMILES string of the molecule is CCN(CC)S(=O)(=O)c1cccc(-c2nnc(SCCCc3ccccc3)n2C)c1. The Morgan fingerprint density at radius 1 is 1.00 bits per heavy atom. The first-order valence-corrected chi connectivity index (χ1v) is 12.6. The Bertz CT molecular complexity index is 1060. The van der Waals surface area contributed by atoms with Crippen LogP contribution in [-0.4, -0.2) is 46.3 Å². The Labute approximate surface area is 183 Å². The maximum Gasteiger partial charge on any atom is 0.243 e. The number of benzene rings is 2. The van der Waals surface area contributed by atoms with Crippen LogP contribution in [0.4, 0.5) is 0 Å². The summed E-state index contributed by atoms with van der Waals surface area (Å²) in [4.78, 5) is 0.281. The molecule has 0 aliphatic heterocycles. The third-order valence-corrected chi connectivity index (χ3v) is 8.11. The van der Waals surface area contributed by atoms with E-state index in [1.807, 2.05) is 37.6 Å². The molecule has 0 atom stereocenters. The second-order valence-electron chi connectivity index (χ2n) is 6.92. The molecule has 0 amide bonds. The Morgan fingerprint density at radius 2 is 1.73 bits per heavy atom. The van der Waals surface area contributed by atoms with Gasteiger partial charge in [-0.05, 0) is 30.5 Å².